The first-order valence-electron chi connectivity index (χ1n) is 8.46. The summed E-state index contributed by atoms with van der Waals surface area (Å²) in [5.41, 5.74) is 2.01. The zero-order chi connectivity index (χ0) is 17.2. The van der Waals surface area contributed by atoms with E-state index in [1.807, 2.05) is 18.2 Å². The van der Waals surface area contributed by atoms with Crippen LogP contribution in [0, 0.1) is 5.82 Å². The largest absolute Gasteiger partial charge is 0.367 e. The minimum Gasteiger partial charge on any atom is -0.367 e. The molecule has 2 N–H and O–H groups in total. The van der Waals surface area contributed by atoms with Crippen LogP contribution in [0.15, 0.2) is 48.5 Å². The quantitative estimate of drug-likeness (QED) is 0.768. The van der Waals surface area contributed by atoms with Gasteiger partial charge in [0.2, 0.25) is 0 Å². The highest BCUT2D eigenvalue weighted by molar-refractivity contribution is 6.04. The maximum absolute atomic E-state index is 13.2. The first-order valence-corrected chi connectivity index (χ1v) is 8.46. The topological polar surface area (TPSA) is 61.0 Å². The lowest BCUT2D eigenvalue weighted by Crippen LogP contribution is -2.40. The molecule has 5 nitrogen and oxygen atoms in total. The second-order valence-electron chi connectivity index (χ2n) is 6.30. The fourth-order valence-corrected chi connectivity index (χ4v) is 3.47. The highest BCUT2D eigenvalue weighted by Gasteiger charge is 2.25. The Bertz CT molecular complexity index is 893. The van der Waals surface area contributed by atoms with Gasteiger partial charge in [-0.2, -0.15) is 5.10 Å². The molecule has 1 unspecified atom stereocenters. The van der Waals surface area contributed by atoms with E-state index in [-0.39, 0.29) is 17.8 Å². The normalized spacial score (nSPS) is 17.2. The molecule has 1 amide bonds. The van der Waals surface area contributed by atoms with Crippen molar-refractivity contribution in [1.82, 2.24) is 15.5 Å². The number of aromatic amines is 1. The van der Waals surface area contributed by atoms with Gasteiger partial charge >= 0.3 is 0 Å². The number of amides is 1. The van der Waals surface area contributed by atoms with Crippen LogP contribution >= 0.6 is 0 Å². The third-order valence-electron chi connectivity index (χ3n) is 4.70. The Morgan fingerprint density at radius 2 is 2.12 bits per heavy atom. The number of carbonyl (C=O) groups is 1. The molecule has 1 fully saturated rings. The van der Waals surface area contributed by atoms with Gasteiger partial charge in [0.15, 0.2) is 5.69 Å². The molecule has 2 aromatic carbocycles. The Morgan fingerprint density at radius 1 is 1.28 bits per heavy atom. The predicted octanol–water partition coefficient (Wildman–Crippen LogP) is 3.10. The summed E-state index contributed by atoms with van der Waals surface area (Å²) in [6.45, 7) is 1.55. The van der Waals surface area contributed by atoms with Gasteiger partial charge in [-0.1, -0.05) is 18.2 Å². The lowest BCUT2D eigenvalue weighted by Gasteiger charge is -2.27. The number of hydrogen-bond acceptors (Lipinski definition) is 3. The first kappa shape index (κ1) is 15.6. The third kappa shape index (κ3) is 3.07. The molecule has 4 rings (SSSR count). The lowest BCUT2D eigenvalue weighted by atomic mass is 10.1. The molecule has 2 heterocycles. The van der Waals surface area contributed by atoms with E-state index in [9.17, 15) is 9.18 Å². The smallest absolute Gasteiger partial charge is 0.272 e. The Morgan fingerprint density at radius 3 is 2.96 bits per heavy atom. The van der Waals surface area contributed by atoms with Gasteiger partial charge < -0.3 is 10.2 Å². The molecule has 1 atom stereocenters. The van der Waals surface area contributed by atoms with Crippen LogP contribution in [0.4, 0.5) is 10.1 Å². The number of nitrogens with one attached hydrogen (secondary N) is 2. The van der Waals surface area contributed by atoms with Crippen LogP contribution in [0.25, 0.3) is 10.9 Å². The van der Waals surface area contributed by atoms with Crippen molar-refractivity contribution in [2.75, 3.05) is 18.0 Å². The summed E-state index contributed by atoms with van der Waals surface area (Å²) < 4.78 is 13.2. The molecule has 0 aliphatic carbocycles. The number of carbonyl (C=O) groups excluding carboxylic acids is 1. The lowest BCUT2D eigenvalue weighted by molar-refractivity contribution is 0.0948. The van der Waals surface area contributed by atoms with Gasteiger partial charge in [-0.05, 0) is 43.2 Å². The van der Waals surface area contributed by atoms with E-state index >= 15 is 0 Å². The zero-order valence-corrected chi connectivity index (χ0v) is 13.7. The van der Waals surface area contributed by atoms with E-state index in [0.717, 1.165) is 19.4 Å². The number of rotatable bonds is 4. The average Bonchev–Trinajstić information content (AvgIpc) is 3.26. The van der Waals surface area contributed by atoms with Crippen LogP contribution in [0.2, 0.25) is 0 Å². The van der Waals surface area contributed by atoms with Gasteiger partial charge in [0.1, 0.15) is 5.82 Å². The molecular weight excluding hydrogens is 319 g/mol. The van der Waals surface area contributed by atoms with E-state index in [1.165, 1.54) is 17.8 Å². The Hall–Kier alpha value is -2.89. The summed E-state index contributed by atoms with van der Waals surface area (Å²) in [6, 6.07) is 14.8. The molecule has 0 saturated carbocycles. The Labute approximate surface area is 144 Å². The molecule has 0 radical (unpaired) electrons. The van der Waals surface area contributed by atoms with Crippen molar-refractivity contribution < 1.29 is 9.18 Å². The van der Waals surface area contributed by atoms with E-state index in [2.05, 4.69) is 32.5 Å². The number of H-pyrrole nitrogens is 1. The minimum absolute atomic E-state index is 0.238. The molecule has 6 heteroatoms. The first-order chi connectivity index (χ1) is 12.2. The number of anilines is 1. The van der Waals surface area contributed by atoms with Gasteiger partial charge in [-0.15, -0.1) is 0 Å². The molecule has 25 heavy (non-hydrogen) atoms. The average molecular weight is 338 g/mol. The number of hydrogen-bond donors (Lipinski definition) is 2. The number of nitrogens with zero attached hydrogens (tertiary/aromatic N) is 2. The van der Waals surface area contributed by atoms with E-state index < -0.39 is 0 Å². The summed E-state index contributed by atoms with van der Waals surface area (Å²) in [6.07, 6.45) is 2.15. The van der Waals surface area contributed by atoms with Gasteiger partial charge in [0, 0.05) is 30.2 Å². The van der Waals surface area contributed by atoms with Crippen molar-refractivity contribution in [3.63, 3.8) is 0 Å². The second-order valence-corrected chi connectivity index (χ2v) is 6.30. The predicted molar refractivity (Wildman–Crippen MR) is 95.2 cm³/mol. The molecule has 0 spiro atoms. The van der Waals surface area contributed by atoms with E-state index in [0.29, 0.717) is 23.1 Å². The van der Waals surface area contributed by atoms with Crippen LogP contribution < -0.4 is 10.2 Å². The highest BCUT2D eigenvalue weighted by atomic mass is 19.1. The Balaban J connectivity index is 1.46. The molecule has 128 valence electrons. The van der Waals surface area contributed by atoms with Crippen molar-refractivity contribution in [3.05, 3.63) is 60.0 Å². The third-order valence-corrected chi connectivity index (χ3v) is 4.70. The van der Waals surface area contributed by atoms with Crippen molar-refractivity contribution in [2.45, 2.75) is 18.9 Å². The molecule has 0 bridgehead atoms. The zero-order valence-electron chi connectivity index (χ0n) is 13.7. The molecule has 1 aromatic heterocycles. The van der Waals surface area contributed by atoms with Crippen LogP contribution in [0.1, 0.15) is 23.3 Å². The van der Waals surface area contributed by atoms with Gasteiger partial charge in [-0.3, -0.25) is 9.89 Å². The fraction of sp³-hybridized carbons (Fsp3) is 0.263. The molecular formula is C19H19FN4O. The molecule has 3 aromatic rings. The maximum atomic E-state index is 13.2. The van der Waals surface area contributed by atoms with Gasteiger partial charge in [0.05, 0.1) is 5.52 Å². The highest BCUT2D eigenvalue weighted by Crippen LogP contribution is 2.25. The number of para-hydroxylation sites is 1. The van der Waals surface area contributed by atoms with Crippen molar-refractivity contribution >= 4 is 22.5 Å². The molecule has 1 aliphatic heterocycles. The van der Waals surface area contributed by atoms with Crippen LogP contribution in [0.3, 0.4) is 0 Å². The number of halogens is 1. The van der Waals surface area contributed by atoms with Crippen molar-refractivity contribution in [2.24, 2.45) is 0 Å². The van der Waals surface area contributed by atoms with E-state index in [4.69, 9.17) is 0 Å². The Kier molecular flexibility index (Phi) is 4.09. The summed E-state index contributed by atoms with van der Waals surface area (Å²) in [4.78, 5) is 14.8. The monoisotopic (exact) mass is 338 g/mol. The van der Waals surface area contributed by atoms with Gasteiger partial charge in [-0.25, -0.2) is 4.39 Å². The summed E-state index contributed by atoms with van der Waals surface area (Å²) >= 11 is 0. The summed E-state index contributed by atoms with van der Waals surface area (Å²) in [5, 5.41) is 10.4. The summed E-state index contributed by atoms with van der Waals surface area (Å²) in [5.74, 6) is -0.592. The van der Waals surface area contributed by atoms with Crippen molar-refractivity contribution in [3.8, 4) is 0 Å². The number of aromatic nitrogens is 2. The maximum Gasteiger partial charge on any atom is 0.272 e. The van der Waals surface area contributed by atoms with Crippen molar-refractivity contribution in [1.29, 1.82) is 0 Å². The molecule has 1 aliphatic rings. The fourth-order valence-electron chi connectivity index (χ4n) is 3.47. The number of fused-ring (bicyclic) bond motifs is 1. The van der Waals surface area contributed by atoms with Crippen LogP contribution in [-0.2, 0) is 0 Å². The molecule has 1 saturated heterocycles. The number of benzene rings is 2. The second kappa shape index (κ2) is 6.55. The van der Waals surface area contributed by atoms with E-state index in [1.54, 1.807) is 6.07 Å². The standard InChI is InChI=1S/C19H19FN4O/c20-13-8-9-16-17(11-13)22-23-18(16)19(25)21-12-15-7-4-10-24(15)14-5-2-1-3-6-14/h1-3,5-6,8-9,11,15H,4,7,10,12H2,(H,21,25)(H,22,23). The SMILES string of the molecule is O=C(NCC1CCCN1c1ccccc1)c1n[nH]c2cc(F)ccc12. The van der Waals surface area contributed by atoms with Gasteiger partial charge in [0.25, 0.3) is 5.91 Å². The minimum atomic E-state index is -0.354. The summed E-state index contributed by atoms with van der Waals surface area (Å²) in [7, 11) is 0. The van der Waals surface area contributed by atoms with Crippen LogP contribution in [0.5, 0.6) is 0 Å². The van der Waals surface area contributed by atoms with Crippen LogP contribution in [-0.4, -0.2) is 35.2 Å².